The van der Waals surface area contributed by atoms with Crippen molar-refractivity contribution < 1.29 is 14.3 Å². The van der Waals surface area contributed by atoms with Crippen molar-refractivity contribution in [1.29, 1.82) is 0 Å². The van der Waals surface area contributed by atoms with E-state index in [1.54, 1.807) is 60.7 Å². The Morgan fingerprint density at radius 3 is 2.21 bits per heavy atom. The fourth-order valence-corrected chi connectivity index (χ4v) is 5.19. The molecule has 202 valence electrons. The summed E-state index contributed by atoms with van der Waals surface area (Å²) in [6.07, 6.45) is 3.24. The normalized spacial score (nSPS) is 14.7. The van der Waals surface area contributed by atoms with Crippen molar-refractivity contribution in [2.24, 2.45) is 7.05 Å². The molecule has 1 aromatic heterocycles. The molecule has 9 heteroatoms. The zero-order valence-electron chi connectivity index (χ0n) is 22.3. The topological polar surface area (TPSA) is 70.7 Å². The summed E-state index contributed by atoms with van der Waals surface area (Å²) < 4.78 is 17.7. The highest BCUT2D eigenvalue weighted by Crippen LogP contribution is 2.41. The Morgan fingerprint density at radius 2 is 1.62 bits per heavy atom. The first kappa shape index (κ1) is 26.7. The molecule has 1 N–H and O–H groups in total. The molecular formula is C30H30ClFN4O3. The maximum atomic E-state index is 14.9. The van der Waals surface area contributed by atoms with Gasteiger partial charge in [-0.2, -0.15) is 0 Å². The number of aromatic nitrogens is 2. The Morgan fingerprint density at radius 1 is 0.923 bits per heavy atom. The van der Waals surface area contributed by atoms with Crippen molar-refractivity contribution in [3.63, 3.8) is 0 Å². The summed E-state index contributed by atoms with van der Waals surface area (Å²) in [5, 5.41) is 11.5. The number of hydrogen-bond donors (Lipinski definition) is 1. The molecule has 0 saturated carbocycles. The minimum atomic E-state index is -0.530. The number of hydrogen-bond acceptors (Lipinski definition) is 4. The van der Waals surface area contributed by atoms with E-state index < -0.39 is 5.82 Å². The number of carbonyl (C=O) groups excluding carboxylic acids is 1. The van der Waals surface area contributed by atoms with E-state index in [-0.39, 0.29) is 33.5 Å². The smallest absolute Gasteiger partial charge is 0.332 e. The van der Waals surface area contributed by atoms with Gasteiger partial charge in [0.2, 0.25) is 5.91 Å². The number of imidazole rings is 1. The van der Waals surface area contributed by atoms with E-state index in [2.05, 4.69) is 25.7 Å². The Labute approximate surface area is 231 Å². The second kappa shape index (κ2) is 10.0. The predicted octanol–water partition coefficient (Wildman–Crippen LogP) is 5.46. The summed E-state index contributed by atoms with van der Waals surface area (Å²) in [7, 11) is 1.64. The minimum absolute atomic E-state index is 0.00951. The quantitative estimate of drug-likeness (QED) is 0.368. The Bertz CT molecular complexity index is 1640. The first-order valence-corrected chi connectivity index (χ1v) is 13.0. The first-order valence-electron chi connectivity index (χ1n) is 12.7. The van der Waals surface area contributed by atoms with Crippen LogP contribution in [0.2, 0.25) is 5.02 Å². The number of phenolic OH excluding ortho intramolecular Hbond substituents is 1. The van der Waals surface area contributed by atoms with Gasteiger partial charge >= 0.3 is 5.69 Å². The molecule has 0 aliphatic carbocycles. The zero-order valence-corrected chi connectivity index (χ0v) is 23.0. The number of piperazine rings is 1. The van der Waals surface area contributed by atoms with Crippen LogP contribution in [0.3, 0.4) is 0 Å². The second-order valence-electron chi connectivity index (χ2n) is 10.8. The van der Waals surface area contributed by atoms with Gasteiger partial charge in [0.05, 0.1) is 17.3 Å². The van der Waals surface area contributed by atoms with Crippen LogP contribution in [-0.4, -0.2) is 50.2 Å². The van der Waals surface area contributed by atoms with Crippen molar-refractivity contribution >= 4 is 23.2 Å². The van der Waals surface area contributed by atoms with Gasteiger partial charge in [-0.05, 0) is 68.3 Å². The van der Waals surface area contributed by atoms with Crippen LogP contribution >= 0.6 is 11.6 Å². The van der Waals surface area contributed by atoms with Crippen LogP contribution in [-0.2, 0) is 11.8 Å². The minimum Gasteiger partial charge on any atom is -0.507 e. The van der Waals surface area contributed by atoms with Gasteiger partial charge in [0.15, 0.2) is 0 Å². The fourth-order valence-electron chi connectivity index (χ4n) is 4.92. The van der Waals surface area contributed by atoms with Gasteiger partial charge in [0.25, 0.3) is 0 Å². The lowest BCUT2D eigenvalue weighted by Crippen LogP contribution is -2.56. The van der Waals surface area contributed by atoms with Crippen LogP contribution in [0.5, 0.6) is 5.75 Å². The lowest BCUT2D eigenvalue weighted by atomic mass is 9.96. The Kier molecular flexibility index (Phi) is 6.86. The number of aryl methyl sites for hydroxylation is 1. The zero-order chi connectivity index (χ0) is 28.1. The van der Waals surface area contributed by atoms with Gasteiger partial charge < -0.3 is 14.6 Å². The van der Waals surface area contributed by atoms with Crippen molar-refractivity contribution in [2.75, 3.05) is 24.5 Å². The molecule has 0 spiro atoms. The highest BCUT2D eigenvalue weighted by Gasteiger charge is 2.31. The van der Waals surface area contributed by atoms with E-state index in [1.165, 1.54) is 21.3 Å². The lowest BCUT2D eigenvalue weighted by Gasteiger charge is -2.41. The summed E-state index contributed by atoms with van der Waals surface area (Å²) in [4.78, 5) is 29.2. The third kappa shape index (κ3) is 5.10. The third-order valence-electron chi connectivity index (χ3n) is 7.18. The highest BCUT2D eigenvalue weighted by molar-refractivity contribution is 6.32. The van der Waals surface area contributed by atoms with Crippen LogP contribution in [0.4, 0.5) is 10.1 Å². The fraction of sp³-hybridized carbons (Fsp3) is 0.267. The Balaban J connectivity index is 1.49. The third-order valence-corrected chi connectivity index (χ3v) is 7.48. The molecule has 3 aromatic carbocycles. The van der Waals surface area contributed by atoms with E-state index in [4.69, 9.17) is 11.6 Å². The maximum Gasteiger partial charge on any atom is 0.332 e. The molecule has 39 heavy (non-hydrogen) atoms. The number of carbonyl (C=O) groups is 1. The Hall–Kier alpha value is -3.88. The number of halogens is 2. The summed E-state index contributed by atoms with van der Waals surface area (Å²) in [5.41, 5.74) is 2.45. The molecule has 5 rings (SSSR count). The SMILES string of the molecule is Cn1ccn(-c2ccc(-c3cc(F)cc(-c4cccc(N5CCN(C(C)(C)C)CC5=O)c4)c3O)cc2Cl)c1=O. The monoisotopic (exact) mass is 548 g/mol. The van der Waals surface area contributed by atoms with Crippen molar-refractivity contribution in [2.45, 2.75) is 26.3 Å². The van der Waals surface area contributed by atoms with Crippen LogP contribution < -0.4 is 10.6 Å². The van der Waals surface area contributed by atoms with E-state index in [0.29, 0.717) is 41.2 Å². The van der Waals surface area contributed by atoms with Crippen molar-refractivity contribution in [3.05, 3.63) is 88.3 Å². The van der Waals surface area contributed by atoms with Crippen LogP contribution in [0.25, 0.3) is 27.9 Å². The molecule has 1 amide bonds. The van der Waals surface area contributed by atoms with Crippen LogP contribution in [0.1, 0.15) is 20.8 Å². The lowest BCUT2D eigenvalue weighted by molar-refractivity contribution is -0.122. The maximum absolute atomic E-state index is 14.9. The molecular weight excluding hydrogens is 519 g/mol. The van der Waals surface area contributed by atoms with E-state index >= 15 is 0 Å². The van der Waals surface area contributed by atoms with E-state index in [1.807, 2.05) is 6.07 Å². The average Bonchev–Trinajstić information content (AvgIpc) is 3.22. The molecule has 0 atom stereocenters. The van der Waals surface area contributed by atoms with Gasteiger partial charge in [-0.15, -0.1) is 0 Å². The number of phenols is 1. The highest BCUT2D eigenvalue weighted by atomic mass is 35.5. The standard InChI is InChI=1S/C30H30ClFN4O3/c1-30(2,3)34-11-13-35(27(37)18-34)22-7-5-6-19(14-22)23-16-21(32)17-24(28(23)38)20-8-9-26(25(31)15-20)36-12-10-33(4)29(36)39/h5-10,12,14-17,38H,11,13,18H2,1-4H3. The van der Waals surface area contributed by atoms with Crippen molar-refractivity contribution in [3.8, 4) is 33.7 Å². The molecule has 1 saturated heterocycles. The average molecular weight is 549 g/mol. The van der Waals surface area contributed by atoms with Crippen LogP contribution in [0.15, 0.2) is 71.8 Å². The molecule has 0 unspecified atom stereocenters. The van der Waals surface area contributed by atoms with Crippen molar-refractivity contribution in [1.82, 2.24) is 14.0 Å². The second-order valence-corrected chi connectivity index (χ2v) is 11.2. The summed E-state index contributed by atoms with van der Waals surface area (Å²) in [6, 6.07) is 14.7. The number of rotatable bonds is 4. The number of aromatic hydroxyl groups is 1. The van der Waals surface area contributed by atoms with E-state index in [9.17, 15) is 19.1 Å². The first-order chi connectivity index (χ1) is 18.4. The number of anilines is 1. The van der Waals surface area contributed by atoms with Gasteiger partial charge in [-0.25, -0.2) is 9.18 Å². The van der Waals surface area contributed by atoms with Gasteiger partial charge in [0, 0.05) is 54.9 Å². The molecule has 1 fully saturated rings. The molecule has 7 nitrogen and oxygen atoms in total. The molecule has 0 radical (unpaired) electrons. The largest absolute Gasteiger partial charge is 0.507 e. The van der Waals surface area contributed by atoms with Crippen LogP contribution in [0, 0.1) is 5.82 Å². The van der Waals surface area contributed by atoms with Gasteiger partial charge in [-0.3, -0.25) is 14.3 Å². The molecule has 4 aromatic rings. The van der Waals surface area contributed by atoms with E-state index in [0.717, 1.165) is 6.54 Å². The molecule has 1 aliphatic rings. The van der Waals surface area contributed by atoms with Gasteiger partial charge in [0.1, 0.15) is 11.6 Å². The molecule has 0 bridgehead atoms. The number of amides is 1. The number of nitrogens with zero attached hydrogens (tertiary/aromatic N) is 4. The van der Waals surface area contributed by atoms with Gasteiger partial charge in [-0.1, -0.05) is 29.8 Å². The molecule has 1 aliphatic heterocycles. The summed E-state index contributed by atoms with van der Waals surface area (Å²) >= 11 is 6.52. The summed E-state index contributed by atoms with van der Waals surface area (Å²) in [6.45, 7) is 7.85. The molecule has 2 heterocycles. The predicted molar refractivity (Wildman–Crippen MR) is 152 cm³/mol. The summed E-state index contributed by atoms with van der Waals surface area (Å²) in [5.74, 6) is -0.652. The number of benzene rings is 3.